The smallest absolute Gasteiger partial charge is 0.276 e. The zero-order chi connectivity index (χ0) is 21.1. The molecule has 0 unspecified atom stereocenters. The highest BCUT2D eigenvalue weighted by atomic mass is 79.9. The summed E-state index contributed by atoms with van der Waals surface area (Å²) < 4.78 is 14.0. The van der Waals surface area contributed by atoms with Crippen LogP contribution in [0, 0.1) is 20.8 Å². The summed E-state index contributed by atoms with van der Waals surface area (Å²) in [5.41, 5.74) is 4.07. The van der Waals surface area contributed by atoms with Crippen molar-refractivity contribution in [3.63, 3.8) is 0 Å². The monoisotopic (exact) mass is 460 g/mol. The van der Waals surface area contributed by atoms with E-state index in [4.69, 9.17) is 9.26 Å². The molecule has 2 heterocycles. The van der Waals surface area contributed by atoms with Crippen LogP contribution in [-0.4, -0.2) is 32.8 Å². The number of nitrogens with zero attached hydrogens (tertiary/aromatic N) is 4. The maximum absolute atomic E-state index is 13.0. The molecule has 0 bridgehead atoms. The second-order valence-electron chi connectivity index (χ2n) is 7.04. The first-order chi connectivity index (χ1) is 13.8. The second-order valence-corrected chi connectivity index (χ2v) is 7.89. The Bertz CT molecular complexity index is 1030. The zero-order valence-electron chi connectivity index (χ0n) is 17.3. The van der Waals surface area contributed by atoms with Crippen LogP contribution < -0.4 is 4.74 Å². The molecule has 154 valence electrons. The van der Waals surface area contributed by atoms with Gasteiger partial charge < -0.3 is 14.2 Å². The van der Waals surface area contributed by atoms with E-state index >= 15 is 0 Å². The number of carbonyl (C=O) groups excluding carboxylic acids is 1. The maximum Gasteiger partial charge on any atom is 0.276 e. The van der Waals surface area contributed by atoms with Gasteiger partial charge in [-0.3, -0.25) is 9.48 Å². The number of aryl methyl sites for hydroxylation is 4. The molecule has 0 aliphatic carbocycles. The highest BCUT2D eigenvalue weighted by Crippen LogP contribution is 2.24. The lowest BCUT2D eigenvalue weighted by Gasteiger charge is -2.18. The second kappa shape index (κ2) is 8.82. The van der Waals surface area contributed by atoms with E-state index in [0.717, 1.165) is 28.0 Å². The lowest BCUT2D eigenvalue weighted by atomic mass is 10.1. The molecule has 0 aliphatic rings. The Kier molecular flexibility index (Phi) is 6.42. The van der Waals surface area contributed by atoms with Crippen molar-refractivity contribution in [1.82, 2.24) is 19.8 Å². The Labute approximate surface area is 178 Å². The summed E-state index contributed by atoms with van der Waals surface area (Å²) in [5, 5.41) is 8.30. The third kappa shape index (κ3) is 4.53. The fourth-order valence-electron chi connectivity index (χ4n) is 3.14. The van der Waals surface area contributed by atoms with Crippen molar-refractivity contribution in [2.24, 2.45) is 0 Å². The number of hydrogen-bond donors (Lipinski definition) is 0. The maximum atomic E-state index is 13.0. The van der Waals surface area contributed by atoms with Gasteiger partial charge in [0.1, 0.15) is 18.1 Å². The lowest BCUT2D eigenvalue weighted by Crippen LogP contribution is -2.29. The normalized spacial score (nSPS) is 11.0. The first-order valence-electron chi connectivity index (χ1n) is 9.42. The first kappa shape index (κ1) is 21.1. The molecule has 0 saturated heterocycles. The van der Waals surface area contributed by atoms with Gasteiger partial charge in [-0.05, 0) is 55.3 Å². The molecule has 3 aromatic rings. The van der Waals surface area contributed by atoms with Crippen molar-refractivity contribution in [3.05, 3.63) is 62.7 Å². The van der Waals surface area contributed by atoms with Crippen LogP contribution in [0.3, 0.4) is 0 Å². The molecule has 0 aliphatic heterocycles. The summed E-state index contributed by atoms with van der Waals surface area (Å²) in [5.74, 6) is 1.13. The summed E-state index contributed by atoms with van der Waals surface area (Å²) in [7, 11) is 1.74. The van der Waals surface area contributed by atoms with Gasteiger partial charge in [-0.15, -0.1) is 0 Å². The highest BCUT2D eigenvalue weighted by Gasteiger charge is 2.25. The van der Waals surface area contributed by atoms with Crippen LogP contribution in [0.5, 0.6) is 5.75 Å². The predicted molar refractivity (Wildman–Crippen MR) is 113 cm³/mol. The molecule has 0 spiro atoms. The van der Waals surface area contributed by atoms with E-state index in [-0.39, 0.29) is 18.2 Å². The molecule has 0 fully saturated rings. The Morgan fingerprint density at radius 3 is 2.76 bits per heavy atom. The highest BCUT2D eigenvalue weighted by molar-refractivity contribution is 9.10. The third-order valence-electron chi connectivity index (χ3n) is 4.82. The van der Waals surface area contributed by atoms with Crippen molar-refractivity contribution in [3.8, 4) is 5.75 Å². The largest absolute Gasteiger partial charge is 0.488 e. The van der Waals surface area contributed by atoms with E-state index in [9.17, 15) is 4.79 Å². The molecule has 29 heavy (non-hydrogen) atoms. The van der Waals surface area contributed by atoms with E-state index in [1.807, 2.05) is 37.6 Å². The van der Waals surface area contributed by atoms with Crippen molar-refractivity contribution in [2.75, 3.05) is 7.05 Å². The molecule has 0 radical (unpaired) electrons. The molecule has 3 rings (SSSR count). The number of amides is 1. The van der Waals surface area contributed by atoms with Crippen LogP contribution in [0.25, 0.3) is 0 Å². The number of aromatic nitrogens is 3. The Morgan fingerprint density at radius 1 is 1.31 bits per heavy atom. The average Bonchev–Trinajstić information content (AvgIpc) is 3.23. The van der Waals surface area contributed by atoms with Crippen LogP contribution in [0.4, 0.5) is 0 Å². The molecule has 7 nitrogen and oxygen atoms in total. The summed E-state index contributed by atoms with van der Waals surface area (Å²) in [6.45, 7) is 9.16. The molecule has 8 heteroatoms. The molecule has 1 amide bonds. The summed E-state index contributed by atoms with van der Waals surface area (Å²) in [6, 6.07) is 5.99. The van der Waals surface area contributed by atoms with Crippen LogP contribution in [0.1, 0.15) is 45.6 Å². The zero-order valence-corrected chi connectivity index (χ0v) is 18.9. The van der Waals surface area contributed by atoms with E-state index in [0.29, 0.717) is 17.9 Å². The van der Waals surface area contributed by atoms with Crippen molar-refractivity contribution < 1.29 is 14.1 Å². The number of rotatable bonds is 7. The molecule has 0 atom stereocenters. The number of ether oxygens (including phenoxy) is 1. The van der Waals surface area contributed by atoms with Gasteiger partial charge in [0.05, 0.1) is 28.5 Å². The van der Waals surface area contributed by atoms with Gasteiger partial charge in [0.2, 0.25) is 0 Å². The first-order valence-corrected chi connectivity index (χ1v) is 10.2. The van der Waals surface area contributed by atoms with Crippen LogP contribution in [0.15, 0.2) is 33.4 Å². The Morgan fingerprint density at radius 2 is 2.07 bits per heavy atom. The van der Waals surface area contributed by atoms with Crippen LogP contribution in [0.2, 0.25) is 0 Å². The van der Waals surface area contributed by atoms with E-state index in [2.05, 4.69) is 32.3 Å². The topological polar surface area (TPSA) is 73.4 Å². The minimum Gasteiger partial charge on any atom is -0.488 e. The van der Waals surface area contributed by atoms with Crippen molar-refractivity contribution in [1.29, 1.82) is 0 Å². The van der Waals surface area contributed by atoms with Gasteiger partial charge in [0.25, 0.3) is 5.91 Å². The minimum atomic E-state index is -0.225. The van der Waals surface area contributed by atoms with E-state index < -0.39 is 0 Å². The molecule has 2 aromatic heterocycles. The number of halogens is 1. The van der Waals surface area contributed by atoms with Gasteiger partial charge in [0, 0.05) is 13.6 Å². The minimum absolute atomic E-state index is 0.213. The molecule has 1 aromatic carbocycles. The summed E-state index contributed by atoms with van der Waals surface area (Å²) >= 11 is 3.50. The quantitative estimate of drug-likeness (QED) is 0.521. The molecule has 0 N–H and O–H groups in total. The number of benzene rings is 1. The van der Waals surface area contributed by atoms with Gasteiger partial charge in [-0.2, -0.15) is 5.10 Å². The fraction of sp³-hybridized carbons (Fsp3) is 0.381. The van der Waals surface area contributed by atoms with Gasteiger partial charge in [0.15, 0.2) is 5.69 Å². The number of hydrogen-bond acceptors (Lipinski definition) is 5. The summed E-state index contributed by atoms with van der Waals surface area (Å²) in [6.07, 6.45) is 1.74. The van der Waals surface area contributed by atoms with E-state index in [1.165, 1.54) is 5.56 Å². The average molecular weight is 461 g/mol. The summed E-state index contributed by atoms with van der Waals surface area (Å²) in [4.78, 5) is 14.6. The molecular weight excluding hydrogens is 436 g/mol. The van der Waals surface area contributed by atoms with Crippen LogP contribution in [-0.2, 0) is 19.7 Å². The lowest BCUT2D eigenvalue weighted by molar-refractivity contribution is 0.0768. The molecule has 0 saturated carbocycles. The van der Waals surface area contributed by atoms with Crippen molar-refractivity contribution >= 4 is 21.8 Å². The van der Waals surface area contributed by atoms with Gasteiger partial charge in [-0.1, -0.05) is 22.9 Å². The Balaban J connectivity index is 1.77. The van der Waals surface area contributed by atoms with Crippen LogP contribution >= 0.6 is 15.9 Å². The standard InChI is InChI=1S/C21H25BrN4O3/c1-6-26-18(17(22)10-23-26)11-25(5)21(27)20-16(15(4)29-24-20)12-28-19-8-7-13(2)9-14(19)3/h7-10H,6,11-12H2,1-5H3. The van der Waals surface area contributed by atoms with Crippen molar-refractivity contribution in [2.45, 2.75) is 47.4 Å². The van der Waals surface area contributed by atoms with E-state index in [1.54, 1.807) is 25.1 Å². The number of carbonyl (C=O) groups is 1. The predicted octanol–water partition coefficient (Wildman–Crippen LogP) is 4.43. The molecular formula is C21H25BrN4O3. The van der Waals surface area contributed by atoms with Gasteiger partial charge >= 0.3 is 0 Å². The SMILES string of the molecule is CCn1ncc(Br)c1CN(C)C(=O)c1noc(C)c1COc1ccc(C)cc1C. The third-order valence-corrected chi connectivity index (χ3v) is 5.48. The Hall–Kier alpha value is -2.61. The fourth-order valence-corrected chi connectivity index (χ4v) is 3.56. The van der Waals surface area contributed by atoms with Gasteiger partial charge in [-0.25, -0.2) is 0 Å².